The molecule has 30 heavy (non-hydrogen) atoms. The number of hydrogen-bond acceptors (Lipinski definition) is 4. The third-order valence-corrected chi connectivity index (χ3v) is 6.46. The number of aliphatic hydroxyl groups is 1. The third kappa shape index (κ3) is 3.79. The number of carbonyl (C=O) groups excluding carboxylic acids is 2. The Morgan fingerprint density at radius 3 is 2.63 bits per heavy atom. The lowest BCUT2D eigenvalue weighted by Gasteiger charge is -2.34. The van der Waals surface area contributed by atoms with Crippen LogP contribution < -0.4 is 10.1 Å². The van der Waals surface area contributed by atoms with Crippen LogP contribution in [0.15, 0.2) is 36.4 Å². The number of carbonyl (C=O) groups is 2. The number of ether oxygens (including phenoxy) is 1. The first-order valence-corrected chi connectivity index (χ1v) is 10.5. The predicted molar refractivity (Wildman–Crippen MR) is 114 cm³/mol. The molecule has 1 heterocycles. The monoisotopic (exact) mass is 408 g/mol. The van der Waals surface area contributed by atoms with Gasteiger partial charge < -0.3 is 20.1 Å². The van der Waals surface area contributed by atoms with E-state index in [1.807, 2.05) is 17.0 Å². The van der Waals surface area contributed by atoms with Crippen molar-refractivity contribution in [2.24, 2.45) is 5.92 Å². The van der Waals surface area contributed by atoms with Crippen LogP contribution in [0.1, 0.15) is 52.7 Å². The Kier molecular flexibility index (Phi) is 5.77. The Hall–Kier alpha value is -2.86. The fourth-order valence-electron chi connectivity index (χ4n) is 4.65. The van der Waals surface area contributed by atoms with Gasteiger partial charge in [0.2, 0.25) is 5.91 Å². The van der Waals surface area contributed by atoms with Crippen LogP contribution in [-0.2, 0) is 17.9 Å². The summed E-state index contributed by atoms with van der Waals surface area (Å²) in [4.78, 5) is 27.6. The minimum absolute atomic E-state index is 0.000805. The first kappa shape index (κ1) is 20.4. The van der Waals surface area contributed by atoms with Crippen molar-refractivity contribution in [3.63, 3.8) is 0 Å². The Balaban J connectivity index is 1.35. The highest BCUT2D eigenvalue weighted by Crippen LogP contribution is 2.34. The van der Waals surface area contributed by atoms with Gasteiger partial charge in [0.15, 0.2) is 0 Å². The van der Waals surface area contributed by atoms with Gasteiger partial charge in [-0.15, -0.1) is 0 Å². The molecule has 1 aliphatic carbocycles. The number of hydrogen-bond donors (Lipinski definition) is 2. The summed E-state index contributed by atoms with van der Waals surface area (Å²) in [7, 11) is 1.54. The first-order valence-electron chi connectivity index (χ1n) is 10.5. The van der Waals surface area contributed by atoms with Crippen molar-refractivity contribution in [3.8, 4) is 5.75 Å². The zero-order valence-electron chi connectivity index (χ0n) is 17.5. The maximum Gasteiger partial charge on any atom is 0.254 e. The number of nitrogens with one attached hydrogen (secondary N) is 1. The van der Waals surface area contributed by atoms with E-state index < -0.39 is 0 Å². The summed E-state index contributed by atoms with van der Waals surface area (Å²) in [6.07, 6.45) is 3.20. The van der Waals surface area contributed by atoms with Crippen LogP contribution in [0.25, 0.3) is 0 Å². The molecule has 6 nitrogen and oxygen atoms in total. The van der Waals surface area contributed by atoms with Gasteiger partial charge in [-0.25, -0.2) is 0 Å². The van der Waals surface area contributed by atoms with Crippen LogP contribution in [-0.4, -0.2) is 35.0 Å². The van der Waals surface area contributed by atoms with Crippen LogP contribution in [0, 0.1) is 12.8 Å². The average molecular weight is 408 g/mol. The summed E-state index contributed by atoms with van der Waals surface area (Å²) in [6, 6.07) is 11.4. The number of rotatable bonds is 5. The smallest absolute Gasteiger partial charge is 0.254 e. The number of aliphatic hydroxyl groups excluding tert-OH is 1. The molecule has 158 valence electrons. The number of aryl methyl sites for hydroxylation is 1. The van der Waals surface area contributed by atoms with Gasteiger partial charge >= 0.3 is 0 Å². The zero-order chi connectivity index (χ0) is 21.3. The molecule has 6 heteroatoms. The van der Waals surface area contributed by atoms with Crippen molar-refractivity contribution in [1.82, 2.24) is 4.90 Å². The molecule has 2 aromatic carbocycles. The SMILES string of the molecule is COc1cc(NC(=O)C2CCC(N3Cc4c(C)cccc4C3=O)CC2)ccc1CO. The lowest BCUT2D eigenvalue weighted by atomic mass is 9.84. The van der Waals surface area contributed by atoms with E-state index in [0.717, 1.165) is 36.8 Å². The summed E-state index contributed by atoms with van der Waals surface area (Å²) in [5.74, 6) is 0.616. The number of fused-ring (bicyclic) bond motifs is 1. The number of benzene rings is 2. The molecule has 1 saturated carbocycles. The summed E-state index contributed by atoms with van der Waals surface area (Å²) in [5.41, 5.74) is 4.48. The quantitative estimate of drug-likeness (QED) is 0.792. The van der Waals surface area contributed by atoms with Crippen LogP contribution >= 0.6 is 0 Å². The van der Waals surface area contributed by atoms with E-state index in [9.17, 15) is 14.7 Å². The van der Waals surface area contributed by atoms with E-state index >= 15 is 0 Å². The largest absolute Gasteiger partial charge is 0.496 e. The van der Waals surface area contributed by atoms with Gasteiger partial charge in [0.25, 0.3) is 5.91 Å². The van der Waals surface area contributed by atoms with Gasteiger partial charge in [0.1, 0.15) is 5.75 Å². The molecule has 0 atom stereocenters. The Morgan fingerprint density at radius 2 is 1.97 bits per heavy atom. The standard InChI is InChI=1S/C24H28N2O4/c1-15-4-3-5-20-21(15)13-26(24(20)29)19-10-7-16(8-11-19)23(28)25-18-9-6-17(14-27)22(12-18)30-2/h3-6,9,12,16,19,27H,7-8,10-11,13-14H2,1-2H3,(H,25,28). The topological polar surface area (TPSA) is 78.9 Å². The Morgan fingerprint density at radius 1 is 1.20 bits per heavy atom. The van der Waals surface area contributed by atoms with Gasteiger partial charge in [0, 0.05) is 41.4 Å². The fourth-order valence-corrected chi connectivity index (χ4v) is 4.65. The van der Waals surface area contributed by atoms with Crippen LogP contribution in [0.2, 0.25) is 0 Å². The molecule has 4 rings (SSSR count). The second-order valence-corrected chi connectivity index (χ2v) is 8.21. The second kappa shape index (κ2) is 8.48. The minimum atomic E-state index is -0.111. The van der Waals surface area contributed by atoms with E-state index in [2.05, 4.69) is 18.3 Å². The highest BCUT2D eigenvalue weighted by atomic mass is 16.5. The molecule has 2 amide bonds. The van der Waals surface area contributed by atoms with E-state index in [-0.39, 0.29) is 30.4 Å². The molecule has 0 unspecified atom stereocenters. The molecule has 0 bridgehead atoms. The zero-order valence-corrected chi connectivity index (χ0v) is 17.5. The van der Waals surface area contributed by atoms with E-state index in [1.165, 1.54) is 5.56 Å². The molecule has 2 N–H and O–H groups in total. The van der Waals surface area contributed by atoms with Crippen molar-refractivity contribution >= 4 is 17.5 Å². The number of anilines is 1. The molecule has 0 saturated heterocycles. The fraction of sp³-hybridized carbons (Fsp3) is 0.417. The van der Waals surface area contributed by atoms with Crippen LogP contribution in [0.4, 0.5) is 5.69 Å². The molecular weight excluding hydrogens is 380 g/mol. The summed E-state index contributed by atoms with van der Waals surface area (Å²) < 4.78 is 5.27. The molecular formula is C24H28N2O4. The number of nitrogens with zero attached hydrogens (tertiary/aromatic N) is 1. The van der Waals surface area contributed by atoms with Crippen molar-refractivity contribution in [2.75, 3.05) is 12.4 Å². The summed E-state index contributed by atoms with van der Waals surface area (Å²) in [6.45, 7) is 2.62. The maximum absolute atomic E-state index is 12.8. The molecule has 0 aromatic heterocycles. The van der Waals surface area contributed by atoms with Gasteiger partial charge in [0.05, 0.1) is 13.7 Å². The Bertz CT molecular complexity index is 964. The molecule has 2 aliphatic rings. The maximum atomic E-state index is 12.8. The van der Waals surface area contributed by atoms with Gasteiger partial charge in [-0.1, -0.05) is 18.2 Å². The average Bonchev–Trinajstić information content (AvgIpc) is 3.11. The van der Waals surface area contributed by atoms with E-state index in [4.69, 9.17) is 4.74 Å². The van der Waals surface area contributed by atoms with Gasteiger partial charge in [-0.05, 0) is 55.9 Å². The molecule has 1 fully saturated rings. The number of methoxy groups -OCH3 is 1. The van der Waals surface area contributed by atoms with E-state index in [1.54, 1.807) is 25.3 Å². The minimum Gasteiger partial charge on any atom is -0.496 e. The van der Waals surface area contributed by atoms with Gasteiger partial charge in [-0.2, -0.15) is 0 Å². The van der Waals surface area contributed by atoms with E-state index in [0.29, 0.717) is 23.5 Å². The van der Waals surface area contributed by atoms with Crippen LogP contribution in [0.5, 0.6) is 5.75 Å². The highest BCUT2D eigenvalue weighted by molar-refractivity contribution is 5.99. The van der Waals surface area contributed by atoms with Crippen molar-refractivity contribution in [3.05, 3.63) is 58.7 Å². The first-order chi connectivity index (χ1) is 14.5. The lowest BCUT2D eigenvalue weighted by Crippen LogP contribution is -2.40. The normalized spacial score (nSPS) is 20.8. The molecule has 1 aliphatic heterocycles. The highest BCUT2D eigenvalue weighted by Gasteiger charge is 2.36. The third-order valence-electron chi connectivity index (χ3n) is 6.46. The van der Waals surface area contributed by atoms with Crippen molar-refractivity contribution in [1.29, 1.82) is 0 Å². The predicted octanol–water partition coefficient (Wildman–Crippen LogP) is 3.65. The lowest BCUT2D eigenvalue weighted by molar-refractivity contribution is -0.121. The summed E-state index contributed by atoms with van der Waals surface area (Å²) in [5, 5.41) is 12.3. The second-order valence-electron chi connectivity index (χ2n) is 8.21. The molecule has 0 spiro atoms. The van der Waals surface area contributed by atoms with Crippen molar-refractivity contribution in [2.45, 2.75) is 51.8 Å². The van der Waals surface area contributed by atoms with Gasteiger partial charge in [-0.3, -0.25) is 9.59 Å². The van der Waals surface area contributed by atoms with Crippen LogP contribution in [0.3, 0.4) is 0 Å². The number of amides is 2. The van der Waals surface area contributed by atoms with Crippen molar-refractivity contribution < 1.29 is 19.4 Å². The summed E-state index contributed by atoms with van der Waals surface area (Å²) >= 11 is 0. The molecule has 0 radical (unpaired) electrons. The Labute approximate surface area is 176 Å². The molecule has 2 aromatic rings.